The van der Waals surface area contributed by atoms with Crippen molar-refractivity contribution in [3.63, 3.8) is 0 Å². The SMILES string of the molecule is Nc1[nH]ncc1C(=O)Cc1ccc(Br)cn1. The lowest BCUT2D eigenvalue weighted by atomic mass is 10.1. The minimum absolute atomic E-state index is 0.0962. The molecular weight excluding hydrogens is 272 g/mol. The van der Waals surface area contributed by atoms with Gasteiger partial charge in [-0.25, -0.2) is 0 Å². The second-order valence-corrected chi connectivity index (χ2v) is 4.18. The maximum atomic E-state index is 11.8. The van der Waals surface area contributed by atoms with Crippen LogP contribution in [-0.4, -0.2) is 21.0 Å². The molecule has 0 saturated heterocycles. The molecule has 0 aliphatic rings. The standard InChI is InChI=1S/C10H9BrN4O/c11-6-1-2-7(13-4-6)3-9(16)8-5-14-15-10(8)12/h1-2,4-5H,3H2,(H3,12,14,15). The Hall–Kier alpha value is -1.69. The highest BCUT2D eigenvalue weighted by molar-refractivity contribution is 9.10. The van der Waals surface area contributed by atoms with Crippen molar-refractivity contribution in [1.82, 2.24) is 15.2 Å². The van der Waals surface area contributed by atoms with Gasteiger partial charge in [0.2, 0.25) is 0 Å². The Morgan fingerprint density at radius 2 is 2.25 bits per heavy atom. The summed E-state index contributed by atoms with van der Waals surface area (Å²) in [6.45, 7) is 0. The van der Waals surface area contributed by atoms with Crippen molar-refractivity contribution in [1.29, 1.82) is 0 Å². The molecule has 5 nitrogen and oxygen atoms in total. The number of halogens is 1. The highest BCUT2D eigenvalue weighted by atomic mass is 79.9. The molecule has 0 amide bonds. The first-order valence-electron chi connectivity index (χ1n) is 4.59. The topological polar surface area (TPSA) is 84.7 Å². The molecule has 0 bridgehead atoms. The van der Waals surface area contributed by atoms with Gasteiger partial charge in [0.1, 0.15) is 5.82 Å². The number of carbonyl (C=O) groups excluding carboxylic acids is 1. The van der Waals surface area contributed by atoms with E-state index in [0.717, 1.165) is 4.47 Å². The zero-order valence-electron chi connectivity index (χ0n) is 8.27. The number of aromatic amines is 1. The van der Waals surface area contributed by atoms with Crippen molar-refractivity contribution in [2.75, 3.05) is 5.73 Å². The number of rotatable bonds is 3. The fourth-order valence-electron chi connectivity index (χ4n) is 1.29. The molecule has 0 aliphatic heterocycles. The third kappa shape index (κ3) is 2.27. The average Bonchev–Trinajstić information content (AvgIpc) is 2.68. The second-order valence-electron chi connectivity index (χ2n) is 3.27. The van der Waals surface area contributed by atoms with Crippen molar-refractivity contribution < 1.29 is 4.79 Å². The summed E-state index contributed by atoms with van der Waals surface area (Å²) < 4.78 is 0.881. The number of Topliss-reactive ketones (excluding diaryl/α,β-unsaturated/α-hetero) is 1. The zero-order chi connectivity index (χ0) is 11.5. The predicted octanol–water partition coefficient (Wildman–Crippen LogP) is 1.57. The lowest BCUT2D eigenvalue weighted by molar-refractivity contribution is 0.0993. The van der Waals surface area contributed by atoms with E-state index in [1.165, 1.54) is 6.20 Å². The van der Waals surface area contributed by atoms with E-state index >= 15 is 0 Å². The van der Waals surface area contributed by atoms with Crippen LogP contribution in [0.2, 0.25) is 0 Å². The Morgan fingerprint density at radius 3 is 2.81 bits per heavy atom. The number of carbonyl (C=O) groups is 1. The number of nitrogens with one attached hydrogen (secondary N) is 1. The van der Waals surface area contributed by atoms with E-state index in [9.17, 15) is 4.79 Å². The van der Waals surface area contributed by atoms with Gasteiger partial charge in [-0.05, 0) is 28.1 Å². The third-order valence-electron chi connectivity index (χ3n) is 2.10. The quantitative estimate of drug-likeness (QED) is 0.836. The van der Waals surface area contributed by atoms with Crippen LogP contribution in [0.3, 0.4) is 0 Å². The normalized spacial score (nSPS) is 10.3. The maximum Gasteiger partial charge on any atom is 0.174 e. The van der Waals surface area contributed by atoms with Crippen molar-refractivity contribution in [3.05, 3.63) is 40.3 Å². The molecule has 0 spiro atoms. The van der Waals surface area contributed by atoms with E-state index in [1.807, 2.05) is 6.07 Å². The smallest absolute Gasteiger partial charge is 0.174 e. The number of nitrogens with two attached hydrogens (primary N) is 1. The van der Waals surface area contributed by atoms with Crippen molar-refractivity contribution in [3.8, 4) is 0 Å². The van der Waals surface area contributed by atoms with E-state index in [2.05, 4.69) is 31.1 Å². The number of hydrogen-bond acceptors (Lipinski definition) is 4. The highest BCUT2D eigenvalue weighted by Gasteiger charge is 2.12. The van der Waals surface area contributed by atoms with Crippen LogP contribution in [0.4, 0.5) is 5.82 Å². The van der Waals surface area contributed by atoms with Crippen LogP contribution in [0.1, 0.15) is 16.1 Å². The van der Waals surface area contributed by atoms with Crippen LogP contribution in [0.15, 0.2) is 29.0 Å². The molecule has 0 radical (unpaired) electrons. The molecule has 0 saturated carbocycles. The van der Waals surface area contributed by atoms with Gasteiger partial charge < -0.3 is 5.73 Å². The first kappa shape index (κ1) is 10.8. The highest BCUT2D eigenvalue weighted by Crippen LogP contribution is 2.12. The second kappa shape index (κ2) is 4.44. The van der Waals surface area contributed by atoms with E-state index < -0.39 is 0 Å². The van der Waals surface area contributed by atoms with Gasteiger partial charge in [0.15, 0.2) is 5.78 Å². The molecule has 2 aromatic heterocycles. The monoisotopic (exact) mass is 280 g/mol. The largest absolute Gasteiger partial charge is 0.383 e. The van der Waals surface area contributed by atoms with E-state index in [0.29, 0.717) is 17.1 Å². The summed E-state index contributed by atoms with van der Waals surface area (Å²) in [6, 6.07) is 3.63. The summed E-state index contributed by atoms with van der Waals surface area (Å²) in [4.78, 5) is 15.9. The number of ketones is 1. The number of pyridine rings is 1. The Labute approximate surface area is 100 Å². The Kier molecular flexibility index (Phi) is 3.00. The van der Waals surface area contributed by atoms with Gasteiger partial charge in [-0.15, -0.1) is 0 Å². The number of nitrogen functional groups attached to an aromatic ring is 1. The third-order valence-corrected chi connectivity index (χ3v) is 2.57. The lowest BCUT2D eigenvalue weighted by Crippen LogP contribution is -2.06. The predicted molar refractivity (Wildman–Crippen MR) is 63.0 cm³/mol. The number of aromatic nitrogens is 3. The Bertz CT molecular complexity index is 506. The van der Waals surface area contributed by atoms with Crippen molar-refractivity contribution >= 4 is 27.5 Å². The molecule has 0 unspecified atom stereocenters. The number of nitrogens with zero attached hydrogens (tertiary/aromatic N) is 2. The van der Waals surface area contributed by atoms with Gasteiger partial charge in [-0.2, -0.15) is 5.10 Å². The summed E-state index contributed by atoms with van der Waals surface area (Å²) in [5.41, 5.74) is 6.66. The molecule has 2 heterocycles. The minimum atomic E-state index is -0.0962. The van der Waals surface area contributed by atoms with Gasteiger partial charge >= 0.3 is 0 Å². The van der Waals surface area contributed by atoms with Crippen LogP contribution in [0, 0.1) is 0 Å². The Balaban J connectivity index is 2.14. The Morgan fingerprint density at radius 1 is 1.44 bits per heavy atom. The molecule has 6 heteroatoms. The summed E-state index contributed by atoms with van der Waals surface area (Å²) in [6.07, 6.45) is 3.30. The fourth-order valence-corrected chi connectivity index (χ4v) is 1.52. The van der Waals surface area contributed by atoms with Crippen LogP contribution in [-0.2, 0) is 6.42 Å². The van der Waals surface area contributed by atoms with Crippen LogP contribution in [0.5, 0.6) is 0 Å². The molecule has 16 heavy (non-hydrogen) atoms. The first-order chi connectivity index (χ1) is 7.66. The zero-order valence-corrected chi connectivity index (χ0v) is 9.86. The number of H-pyrrole nitrogens is 1. The molecule has 2 rings (SSSR count). The molecule has 82 valence electrons. The molecule has 2 aromatic rings. The number of hydrogen-bond donors (Lipinski definition) is 2. The molecule has 3 N–H and O–H groups in total. The van der Waals surface area contributed by atoms with Gasteiger partial charge in [0, 0.05) is 16.4 Å². The lowest BCUT2D eigenvalue weighted by Gasteiger charge is -1.99. The maximum absolute atomic E-state index is 11.8. The summed E-state index contributed by atoms with van der Waals surface area (Å²) in [5.74, 6) is 0.197. The van der Waals surface area contributed by atoms with Gasteiger partial charge in [0.05, 0.1) is 18.2 Å². The van der Waals surface area contributed by atoms with Crippen LogP contribution in [0.25, 0.3) is 0 Å². The summed E-state index contributed by atoms with van der Waals surface area (Å²) in [7, 11) is 0. The summed E-state index contributed by atoms with van der Waals surface area (Å²) in [5, 5.41) is 6.22. The summed E-state index contributed by atoms with van der Waals surface area (Å²) >= 11 is 3.28. The van der Waals surface area contributed by atoms with Gasteiger partial charge in [0.25, 0.3) is 0 Å². The molecular formula is C10H9BrN4O. The van der Waals surface area contributed by atoms with Crippen LogP contribution < -0.4 is 5.73 Å². The van der Waals surface area contributed by atoms with E-state index in [4.69, 9.17) is 5.73 Å². The minimum Gasteiger partial charge on any atom is -0.383 e. The van der Waals surface area contributed by atoms with Crippen molar-refractivity contribution in [2.24, 2.45) is 0 Å². The fraction of sp³-hybridized carbons (Fsp3) is 0.100. The van der Waals surface area contributed by atoms with Gasteiger partial charge in [-0.1, -0.05) is 0 Å². The molecule has 0 aromatic carbocycles. The van der Waals surface area contributed by atoms with Crippen LogP contribution >= 0.6 is 15.9 Å². The average molecular weight is 281 g/mol. The van der Waals surface area contributed by atoms with Crippen molar-refractivity contribution in [2.45, 2.75) is 6.42 Å². The first-order valence-corrected chi connectivity index (χ1v) is 5.38. The van der Waals surface area contributed by atoms with Gasteiger partial charge in [-0.3, -0.25) is 14.9 Å². The van der Waals surface area contributed by atoms with E-state index in [1.54, 1.807) is 12.3 Å². The molecule has 0 atom stereocenters. The number of anilines is 1. The van der Waals surface area contributed by atoms with E-state index in [-0.39, 0.29) is 12.2 Å². The molecule has 0 fully saturated rings. The molecule has 0 aliphatic carbocycles.